The first kappa shape index (κ1) is 11.5. The highest BCUT2D eigenvalue weighted by Gasteiger charge is 2.40. The number of hydrogen-bond donors (Lipinski definition) is 2. The number of amides is 1. The van der Waals surface area contributed by atoms with Crippen molar-refractivity contribution >= 4 is 5.91 Å². The molecular formula is C11H16F2N2O. The maximum Gasteiger partial charge on any atom is 0.277 e. The Bertz CT molecular complexity index is 317. The van der Waals surface area contributed by atoms with Crippen LogP contribution in [0.2, 0.25) is 0 Å². The molecule has 0 heterocycles. The van der Waals surface area contributed by atoms with Gasteiger partial charge in [-0.15, -0.1) is 0 Å². The van der Waals surface area contributed by atoms with Crippen molar-refractivity contribution < 1.29 is 13.6 Å². The molecule has 0 spiro atoms. The lowest BCUT2D eigenvalue weighted by molar-refractivity contribution is -0.127. The van der Waals surface area contributed by atoms with Gasteiger partial charge in [0.2, 0.25) is 5.91 Å². The molecule has 2 aliphatic rings. The first-order valence-electron chi connectivity index (χ1n) is 5.56. The van der Waals surface area contributed by atoms with E-state index in [-0.39, 0.29) is 17.7 Å². The van der Waals surface area contributed by atoms with Crippen molar-refractivity contribution in [3.8, 4) is 0 Å². The van der Waals surface area contributed by atoms with Crippen molar-refractivity contribution in [3.05, 3.63) is 12.2 Å². The van der Waals surface area contributed by atoms with E-state index in [1.165, 1.54) is 0 Å². The summed E-state index contributed by atoms with van der Waals surface area (Å²) in [5, 5.41) is 2.30. The lowest BCUT2D eigenvalue weighted by Gasteiger charge is -2.20. The zero-order valence-electron chi connectivity index (χ0n) is 8.96. The first-order valence-corrected chi connectivity index (χ1v) is 5.56. The number of allylic oxidation sites excluding steroid dienone is 2. The van der Waals surface area contributed by atoms with Crippen LogP contribution in [0.5, 0.6) is 0 Å². The van der Waals surface area contributed by atoms with Crippen LogP contribution in [0.3, 0.4) is 0 Å². The van der Waals surface area contributed by atoms with Crippen molar-refractivity contribution in [2.45, 2.75) is 18.8 Å². The summed E-state index contributed by atoms with van der Waals surface area (Å²) in [6.07, 6.45) is 5.93. The van der Waals surface area contributed by atoms with E-state index >= 15 is 0 Å². The summed E-state index contributed by atoms with van der Waals surface area (Å²) in [4.78, 5) is 11.7. The Hall–Kier alpha value is -0.970. The van der Waals surface area contributed by atoms with Gasteiger partial charge in [0.25, 0.3) is 5.92 Å². The molecule has 2 rings (SSSR count). The molecule has 0 saturated heterocycles. The van der Waals surface area contributed by atoms with E-state index < -0.39 is 19.0 Å². The molecule has 2 aliphatic carbocycles. The van der Waals surface area contributed by atoms with E-state index in [0.29, 0.717) is 5.92 Å². The fraction of sp³-hybridized carbons (Fsp3) is 0.727. The van der Waals surface area contributed by atoms with Gasteiger partial charge in [0, 0.05) is 5.92 Å². The van der Waals surface area contributed by atoms with Crippen LogP contribution in [0.15, 0.2) is 12.2 Å². The molecule has 3 nitrogen and oxygen atoms in total. The van der Waals surface area contributed by atoms with E-state index in [2.05, 4.69) is 11.4 Å². The number of rotatable bonds is 4. The maximum atomic E-state index is 12.8. The van der Waals surface area contributed by atoms with Crippen molar-refractivity contribution in [1.82, 2.24) is 5.32 Å². The lowest BCUT2D eigenvalue weighted by atomic mass is 9.93. The third-order valence-corrected chi connectivity index (χ3v) is 3.44. The van der Waals surface area contributed by atoms with E-state index in [4.69, 9.17) is 5.73 Å². The van der Waals surface area contributed by atoms with Crippen LogP contribution in [0, 0.1) is 17.8 Å². The third-order valence-electron chi connectivity index (χ3n) is 3.44. The molecule has 2 bridgehead atoms. The molecule has 16 heavy (non-hydrogen) atoms. The second kappa shape index (κ2) is 4.13. The van der Waals surface area contributed by atoms with E-state index in [9.17, 15) is 13.6 Å². The van der Waals surface area contributed by atoms with Crippen LogP contribution in [-0.2, 0) is 4.79 Å². The molecule has 3 N–H and O–H groups in total. The fourth-order valence-corrected chi connectivity index (χ4v) is 2.50. The van der Waals surface area contributed by atoms with Crippen LogP contribution in [-0.4, -0.2) is 24.9 Å². The average Bonchev–Trinajstić information content (AvgIpc) is 2.87. The standard InChI is InChI=1S/C11H16F2N2O/c12-11(13,5-14)6-15-10(16)9-4-7-1-2-8(9)3-7/h1-2,7-9H,3-6,14H2,(H,15,16). The van der Waals surface area contributed by atoms with E-state index in [1.807, 2.05) is 6.08 Å². The smallest absolute Gasteiger partial charge is 0.277 e. The van der Waals surface area contributed by atoms with Gasteiger partial charge in [0.1, 0.15) is 0 Å². The molecule has 1 saturated carbocycles. The van der Waals surface area contributed by atoms with Crippen molar-refractivity contribution in [2.24, 2.45) is 23.5 Å². The van der Waals surface area contributed by atoms with Gasteiger partial charge in [0.05, 0.1) is 13.1 Å². The molecule has 0 radical (unpaired) electrons. The van der Waals surface area contributed by atoms with E-state index in [1.54, 1.807) is 0 Å². The van der Waals surface area contributed by atoms with Crippen LogP contribution in [0.4, 0.5) is 8.78 Å². The predicted molar refractivity (Wildman–Crippen MR) is 55.9 cm³/mol. The second-order valence-corrected chi connectivity index (χ2v) is 4.66. The van der Waals surface area contributed by atoms with Gasteiger partial charge in [0.15, 0.2) is 0 Å². The second-order valence-electron chi connectivity index (χ2n) is 4.66. The molecule has 0 aliphatic heterocycles. The SMILES string of the molecule is NCC(F)(F)CNC(=O)C1CC2C=CC1C2. The molecule has 3 atom stereocenters. The zero-order chi connectivity index (χ0) is 11.8. The quantitative estimate of drug-likeness (QED) is 0.705. The molecule has 5 heteroatoms. The molecule has 0 aromatic carbocycles. The summed E-state index contributed by atoms with van der Waals surface area (Å²) in [7, 11) is 0. The van der Waals surface area contributed by atoms with Gasteiger partial charge >= 0.3 is 0 Å². The van der Waals surface area contributed by atoms with Gasteiger partial charge in [-0.1, -0.05) is 12.2 Å². The van der Waals surface area contributed by atoms with Crippen LogP contribution in [0.1, 0.15) is 12.8 Å². The fourth-order valence-electron chi connectivity index (χ4n) is 2.50. The highest BCUT2D eigenvalue weighted by atomic mass is 19.3. The minimum atomic E-state index is -3.00. The van der Waals surface area contributed by atoms with Crippen LogP contribution in [0.25, 0.3) is 0 Å². The Morgan fingerprint density at radius 1 is 1.44 bits per heavy atom. The third kappa shape index (κ3) is 2.24. The van der Waals surface area contributed by atoms with Crippen molar-refractivity contribution in [2.75, 3.05) is 13.1 Å². The Morgan fingerprint density at radius 3 is 2.69 bits per heavy atom. The summed E-state index contributed by atoms with van der Waals surface area (Å²) < 4.78 is 25.7. The molecule has 1 fully saturated rings. The zero-order valence-corrected chi connectivity index (χ0v) is 8.96. The van der Waals surface area contributed by atoms with Crippen molar-refractivity contribution in [3.63, 3.8) is 0 Å². The van der Waals surface area contributed by atoms with Gasteiger partial charge in [-0.3, -0.25) is 4.79 Å². The number of nitrogens with two attached hydrogens (primary N) is 1. The molecule has 1 amide bonds. The predicted octanol–water partition coefficient (Wildman–Crippen LogP) is 0.909. The number of nitrogens with one attached hydrogen (secondary N) is 1. The van der Waals surface area contributed by atoms with Gasteiger partial charge in [-0.2, -0.15) is 0 Å². The first-order chi connectivity index (χ1) is 7.52. The van der Waals surface area contributed by atoms with Gasteiger partial charge in [-0.05, 0) is 24.7 Å². The van der Waals surface area contributed by atoms with Gasteiger partial charge < -0.3 is 11.1 Å². The van der Waals surface area contributed by atoms with Crippen LogP contribution < -0.4 is 11.1 Å². The molecule has 90 valence electrons. The number of alkyl halides is 2. The molecule has 3 unspecified atom stereocenters. The molecular weight excluding hydrogens is 214 g/mol. The largest absolute Gasteiger partial charge is 0.350 e. The van der Waals surface area contributed by atoms with Gasteiger partial charge in [-0.25, -0.2) is 8.78 Å². The Balaban J connectivity index is 1.83. The summed E-state index contributed by atoms with van der Waals surface area (Å²) in [5.74, 6) is -2.66. The lowest BCUT2D eigenvalue weighted by Crippen LogP contribution is -2.44. The highest BCUT2D eigenvalue weighted by molar-refractivity contribution is 5.80. The number of fused-ring (bicyclic) bond motifs is 2. The Kier molecular flexibility index (Phi) is 2.97. The summed E-state index contributed by atoms with van der Waals surface area (Å²) in [5.41, 5.74) is 4.89. The minimum absolute atomic E-state index is 0.122. The van der Waals surface area contributed by atoms with Crippen molar-refractivity contribution in [1.29, 1.82) is 0 Å². The number of hydrogen-bond acceptors (Lipinski definition) is 2. The Morgan fingerprint density at radius 2 is 2.19 bits per heavy atom. The number of halogens is 2. The molecule has 0 aromatic heterocycles. The Labute approximate surface area is 93.1 Å². The maximum absolute atomic E-state index is 12.8. The topological polar surface area (TPSA) is 55.1 Å². The monoisotopic (exact) mass is 230 g/mol. The molecule has 0 aromatic rings. The summed E-state index contributed by atoms with van der Waals surface area (Å²) in [6, 6.07) is 0. The van der Waals surface area contributed by atoms with E-state index in [0.717, 1.165) is 12.8 Å². The normalized spacial score (nSPS) is 32.1. The highest BCUT2D eigenvalue weighted by Crippen LogP contribution is 2.43. The van der Waals surface area contributed by atoms with Crippen LogP contribution >= 0.6 is 0 Å². The average molecular weight is 230 g/mol. The summed E-state index contributed by atoms with van der Waals surface area (Å²) >= 11 is 0. The minimum Gasteiger partial charge on any atom is -0.350 e. The number of carbonyl (C=O) groups is 1. The number of carbonyl (C=O) groups excluding carboxylic acids is 1. The summed E-state index contributed by atoms with van der Waals surface area (Å²) in [6.45, 7) is -1.39.